The topological polar surface area (TPSA) is 78.4 Å². The quantitative estimate of drug-likeness (QED) is 0.243. The molecule has 3 N–H and O–H groups in total. The van der Waals surface area contributed by atoms with Gasteiger partial charge in [0.25, 0.3) is 0 Å². The number of piperidine rings is 1. The third kappa shape index (κ3) is 8.47. The molecule has 8 heteroatoms. The highest BCUT2D eigenvalue weighted by Gasteiger charge is 2.20. The van der Waals surface area contributed by atoms with Gasteiger partial charge in [-0.15, -0.1) is 24.0 Å². The average molecular weight is 534 g/mol. The van der Waals surface area contributed by atoms with Gasteiger partial charge in [0, 0.05) is 31.7 Å². The van der Waals surface area contributed by atoms with Crippen molar-refractivity contribution >= 4 is 29.9 Å². The van der Waals surface area contributed by atoms with Gasteiger partial charge in [0.15, 0.2) is 5.96 Å². The number of hydrogen-bond donors (Lipinski definition) is 3. The normalized spacial score (nSPS) is 18.3. The van der Waals surface area contributed by atoms with E-state index in [9.17, 15) is 5.11 Å². The molecule has 2 atom stereocenters. The highest BCUT2D eigenvalue weighted by Crippen LogP contribution is 2.26. The van der Waals surface area contributed by atoms with E-state index in [1.807, 2.05) is 19.1 Å². The van der Waals surface area contributed by atoms with Gasteiger partial charge in [-0.05, 0) is 50.4 Å². The number of halogens is 1. The van der Waals surface area contributed by atoms with Gasteiger partial charge in [0.1, 0.15) is 11.5 Å². The molecule has 1 aliphatic heterocycles. The van der Waals surface area contributed by atoms with Crippen LogP contribution < -0.4 is 20.1 Å². The summed E-state index contributed by atoms with van der Waals surface area (Å²) in [6.45, 7) is 8.38. The van der Waals surface area contributed by atoms with Crippen LogP contribution in [0.3, 0.4) is 0 Å². The van der Waals surface area contributed by atoms with E-state index in [0.29, 0.717) is 17.5 Å². The number of aliphatic hydroxyl groups is 1. The van der Waals surface area contributed by atoms with Gasteiger partial charge in [-0.1, -0.05) is 13.3 Å². The second kappa shape index (κ2) is 14.7. The van der Waals surface area contributed by atoms with E-state index in [1.54, 1.807) is 20.3 Å². The smallest absolute Gasteiger partial charge is 0.191 e. The minimum atomic E-state index is -0.735. The lowest BCUT2D eigenvalue weighted by Gasteiger charge is -2.35. The fraction of sp³-hybridized carbons (Fsp3) is 0.682. The second-order valence-corrected chi connectivity index (χ2v) is 7.40. The van der Waals surface area contributed by atoms with Crippen LogP contribution in [0.4, 0.5) is 0 Å². The van der Waals surface area contributed by atoms with Crippen LogP contribution in [-0.4, -0.2) is 69.0 Å². The van der Waals surface area contributed by atoms with Gasteiger partial charge in [-0.3, -0.25) is 9.89 Å². The summed E-state index contributed by atoms with van der Waals surface area (Å²) < 4.78 is 10.6. The van der Waals surface area contributed by atoms with E-state index in [4.69, 9.17) is 9.47 Å². The monoisotopic (exact) mass is 534 g/mol. The van der Waals surface area contributed by atoms with Crippen molar-refractivity contribution in [2.45, 2.75) is 51.7 Å². The molecule has 1 aromatic rings. The van der Waals surface area contributed by atoms with Gasteiger partial charge in [-0.25, -0.2) is 0 Å². The number of nitrogens with one attached hydrogen (secondary N) is 2. The van der Waals surface area contributed by atoms with Crippen molar-refractivity contribution < 1.29 is 14.6 Å². The average Bonchev–Trinajstić information content (AvgIpc) is 2.77. The minimum Gasteiger partial charge on any atom is -0.497 e. The molecule has 7 nitrogen and oxygen atoms in total. The Morgan fingerprint density at radius 2 is 1.87 bits per heavy atom. The molecular formula is C22H39IN4O3. The standard InChI is InChI=1S/C22H38N4O3.HI/c1-5-18-9-7-8-11-26(18)12-10-24-22(23-6-2)25-16-21(27)17-13-19(28-3)15-20(14-17)29-4;/h13-15,18,21,27H,5-12,16H2,1-4H3,(H2,23,24,25);1H. The molecular weight excluding hydrogens is 495 g/mol. The van der Waals surface area contributed by atoms with Gasteiger partial charge in [0.05, 0.1) is 26.9 Å². The number of aliphatic imine (C=N–C) groups is 1. The van der Waals surface area contributed by atoms with E-state index in [0.717, 1.165) is 31.2 Å². The lowest BCUT2D eigenvalue weighted by molar-refractivity contribution is 0.147. The first kappa shape index (κ1) is 26.8. The van der Waals surface area contributed by atoms with E-state index in [-0.39, 0.29) is 30.5 Å². The molecule has 0 spiro atoms. The van der Waals surface area contributed by atoms with Crippen molar-refractivity contribution in [2.24, 2.45) is 4.99 Å². The number of hydrogen-bond acceptors (Lipinski definition) is 5. The Bertz CT molecular complexity index is 623. The summed E-state index contributed by atoms with van der Waals surface area (Å²) in [6, 6.07) is 6.11. The van der Waals surface area contributed by atoms with E-state index < -0.39 is 6.10 Å². The van der Waals surface area contributed by atoms with Crippen LogP contribution in [0, 0.1) is 0 Å². The molecule has 1 aliphatic rings. The van der Waals surface area contributed by atoms with Crippen LogP contribution in [0.2, 0.25) is 0 Å². The Morgan fingerprint density at radius 3 is 2.47 bits per heavy atom. The molecule has 172 valence electrons. The summed E-state index contributed by atoms with van der Waals surface area (Å²) in [7, 11) is 3.20. The number of rotatable bonds is 10. The van der Waals surface area contributed by atoms with Crippen LogP contribution in [-0.2, 0) is 0 Å². The van der Waals surface area contributed by atoms with Crippen LogP contribution >= 0.6 is 24.0 Å². The maximum absolute atomic E-state index is 10.6. The highest BCUT2D eigenvalue weighted by atomic mass is 127. The van der Waals surface area contributed by atoms with Gasteiger partial charge >= 0.3 is 0 Å². The lowest BCUT2D eigenvalue weighted by atomic mass is 10.0. The van der Waals surface area contributed by atoms with Crippen LogP contribution in [0.1, 0.15) is 51.2 Å². The predicted octanol–water partition coefficient (Wildman–Crippen LogP) is 3.17. The third-order valence-corrected chi connectivity index (χ3v) is 5.44. The summed E-state index contributed by atoms with van der Waals surface area (Å²) in [5.41, 5.74) is 0.722. The molecule has 2 rings (SSSR count). The van der Waals surface area contributed by atoms with Crippen LogP contribution in [0.5, 0.6) is 11.5 Å². The zero-order valence-corrected chi connectivity index (χ0v) is 21.1. The fourth-order valence-electron chi connectivity index (χ4n) is 3.78. The van der Waals surface area contributed by atoms with Crippen molar-refractivity contribution in [1.82, 2.24) is 15.5 Å². The summed E-state index contributed by atoms with van der Waals surface area (Å²) >= 11 is 0. The third-order valence-electron chi connectivity index (χ3n) is 5.44. The van der Waals surface area contributed by atoms with Gasteiger partial charge in [0.2, 0.25) is 0 Å². The molecule has 0 saturated carbocycles. The summed E-state index contributed by atoms with van der Waals surface area (Å²) in [5, 5.41) is 17.3. The maximum atomic E-state index is 10.6. The molecule has 2 unspecified atom stereocenters. The number of aliphatic hydroxyl groups excluding tert-OH is 1. The number of benzene rings is 1. The van der Waals surface area contributed by atoms with Gasteiger partial charge < -0.3 is 25.2 Å². The number of likely N-dealkylation sites (tertiary alicyclic amines) is 1. The largest absolute Gasteiger partial charge is 0.497 e. The molecule has 0 bridgehead atoms. The van der Waals surface area contributed by atoms with Crippen molar-refractivity contribution in [3.8, 4) is 11.5 Å². The molecule has 30 heavy (non-hydrogen) atoms. The summed E-state index contributed by atoms with van der Waals surface area (Å²) in [4.78, 5) is 7.15. The Hall–Kier alpha value is -1.26. The number of ether oxygens (including phenoxy) is 2. The van der Waals surface area contributed by atoms with E-state index >= 15 is 0 Å². The van der Waals surface area contributed by atoms with Crippen LogP contribution in [0.15, 0.2) is 23.2 Å². The first-order valence-electron chi connectivity index (χ1n) is 10.8. The second-order valence-electron chi connectivity index (χ2n) is 7.40. The van der Waals surface area contributed by atoms with Crippen molar-refractivity contribution in [3.05, 3.63) is 23.8 Å². The van der Waals surface area contributed by atoms with Crippen molar-refractivity contribution in [2.75, 3.05) is 46.9 Å². The first-order valence-corrected chi connectivity index (χ1v) is 10.8. The summed E-state index contributed by atoms with van der Waals surface area (Å²) in [6.07, 6.45) is 4.42. The van der Waals surface area contributed by atoms with E-state index in [1.165, 1.54) is 32.2 Å². The van der Waals surface area contributed by atoms with Crippen molar-refractivity contribution in [3.63, 3.8) is 0 Å². The highest BCUT2D eigenvalue weighted by molar-refractivity contribution is 14.0. The molecule has 0 aliphatic carbocycles. The Kier molecular flexibility index (Phi) is 13.1. The zero-order chi connectivity index (χ0) is 21.1. The molecule has 1 heterocycles. The first-order chi connectivity index (χ1) is 14.1. The van der Waals surface area contributed by atoms with Crippen molar-refractivity contribution in [1.29, 1.82) is 0 Å². The lowest BCUT2D eigenvalue weighted by Crippen LogP contribution is -2.46. The molecule has 1 saturated heterocycles. The fourth-order valence-corrected chi connectivity index (χ4v) is 3.78. The Morgan fingerprint density at radius 1 is 1.17 bits per heavy atom. The number of methoxy groups -OCH3 is 2. The molecule has 1 fully saturated rings. The molecule has 0 radical (unpaired) electrons. The number of guanidine groups is 1. The molecule has 0 amide bonds. The maximum Gasteiger partial charge on any atom is 0.191 e. The molecule has 0 aromatic heterocycles. The number of nitrogens with zero attached hydrogens (tertiary/aromatic N) is 2. The van der Waals surface area contributed by atoms with E-state index in [2.05, 4.69) is 27.4 Å². The van der Waals surface area contributed by atoms with Gasteiger partial charge in [-0.2, -0.15) is 0 Å². The predicted molar refractivity (Wildman–Crippen MR) is 133 cm³/mol. The summed E-state index contributed by atoms with van der Waals surface area (Å²) in [5.74, 6) is 2.03. The Labute approximate surface area is 198 Å². The minimum absolute atomic E-state index is 0. The Balaban J connectivity index is 0.00000450. The zero-order valence-electron chi connectivity index (χ0n) is 18.8. The SMILES string of the molecule is CCNC(=NCC(O)c1cc(OC)cc(OC)c1)NCCN1CCCCC1CC.I. The van der Waals surface area contributed by atoms with Crippen LogP contribution in [0.25, 0.3) is 0 Å². The molecule has 1 aromatic carbocycles.